The number of thioether (sulfide) groups is 1. The van der Waals surface area contributed by atoms with Gasteiger partial charge in [0.05, 0.1) is 23.4 Å². The fourth-order valence-corrected chi connectivity index (χ4v) is 2.83. The molecule has 6 nitrogen and oxygen atoms in total. The summed E-state index contributed by atoms with van der Waals surface area (Å²) in [7, 11) is 0. The molecule has 0 spiro atoms. The maximum atomic E-state index is 11.5. The molecule has 0 fully saturated rings. The number of rotatable bonds is 4. The molecular weight excluding hydrogens is 288 g/mol. The molecule has 0 aliphatic rings. The van der Waals surface area contributed by atoms with Gasteiger partial charge in [-0.1, -0.05) is 17.8 Å². The molecule has 2 heterocycles. The van der Waals surface area contributed by atoms with Crippen molar-refractivity contribution < 1.29 is 9.53 Å². The number of carbonyl (C=O) groups excluding carboxylic acids is 1. The highest BCUT2D eigenvalue weighted by Crippen LogP contribution is 2.25. The zero-order chi connectivity index (χ0) is 14.8. The molecule has 21 heavy (non-hydrogen) atoms. The second-order valence-corrected chi connectivity index (χ2v) is 5.49. The van der Waals surface area contributed by atoms with Crippen LogP contribution in [0.2, 0.25) is 0 Å². The first-order valence-corrected chi connectivity index (χ1v) is 7.56. The Morgan fingerprint density at radius 1 is 1.43 bits per heavy atom. The number of aryl methyl sites for hydroxylation is 1. The number of benzene rings is 1. The van der Waals surface area contributed by atoms with Crippen molar-refractivity contribution in [2.24, 2.45) is 0 Å². The lowest BCUT2D eigenvalue weighted by atomic mass is 10.2. The number of carbonyl (C=O) groups is 1. The number of ether oxygens (including phenoxy) is 1. The average molecular weight is 302 g/mol. The second kappa shape index (κ2) is 5.69. The molecule has 1 aromatic carbocycles. The van der Waals surface area contributed by atoms with E-state index in [2.05, 4.69) is 15.2 Å². The Bertz CT molecular complexity index is 815. The van der Waals surface area contributed by atoms with Crippen molar-refractivity contribution in [1.82, 2.24) is 19.6 Å². The van der Waals surface area contributed by atoms with E-state index in [0.29, 0.717) is 17.3 Å². The Balaban J connectivity index is 2.03. The lowest BCUT2D eigenvalue weighted by molar-refractivity contribution is -0.139. The third kappa shape index (κ3) is 2.69. The Labute approximate surface area is 125 Å². The van der Waals surface area contributed by atoms with E-state index in [1.54, 1.807) is 13.3 Å². The van der Waals surface area contributed by atoms with Crippen LogP contribution in [0.4, 0.5) is 0 Å². The van der Waals surface area contributed by atoms with E-state index < -0.39 is 0 Å². The smallest absolute Gasteiger partial charge is 0.316 e. The van der Waals surface area contributed by atoms with Gasteiger partial charge in [0.25, 0.3) is 0 Å². The van der Waals surface area contributed by atoms with Crippen LogP contribution < -0.4 is 0 Å². The zero-order valence-electron chi connectivity index (χ0n) is 11.7. The summed E-state index contributed by atoms with van der Waals surface area (Å²) in [5.41, 5.74) is 3.60. The predicted octanol–water partition coefficient (Wildman–Crippen LogP) is 2.24. The minimum atomic E-state index is -0.258. The van der Waals surface area contributed by atoms with Gasteiger partial charge in [0.1, 0.15) is 11.4 Å². The average Bonchev–Trinajstić information content (AvgIpc) is 2.95. The van der Waals surface area contributed by atoms with Crippen molar-refractivity contribution in [2.75, 3.05) is 12.4 Å². The summed E-state index contributed by atoms with van der Waals surface area (Å²) in [6, 6.07) is 6.00. The van der Waals surface area contributed by atoms with Crippen molar-refractivity contribution in [2.45, 2.75) is 18.9 Å². The highest BCUT2D eigenvalue weighted by atomic mass is 32.2. The number of aromatic nitrogens is 4. The van der Waals surface area contributed by atoms with Gasteiger partial charge < -0.3 is 4.74 Å². The lowest BCUT2D eigenvalue weighted by Crippen LogP contribution is -2.07. The molecule has 0 saturated heterocycles. The summed E-state index contributed by atoms with van der Waals surface area (Å²) in [6.07, 6.45) is 1.66. The van der Waals surface area contributed by atoms with Gasteiger partial charge in [-0.2, -0.15) is 0 Å². The van der Waals surface area contributed by atoms with Crippen LogP contribution in [0.5, 0.6) is 0 Å². The molecule has 0 bridgehead atoms. The SMILES string of the molecule is CCOC(=O)CSc1nc2ccc(C)cc2n2cnnc12. The summed E-state index contributed by atoms with van der Waals surface area (Å²) in [5.74, 6) is -0.0493. The van der Waals surface area contributed by atoms with Gasteiger partial charge in [0.15, 0.2) is 5.65 Å². The first-order chi connectivity index (χ1) is 10.2. The van der Waals surface area contributed by atoms with E-state index in [1.165, 1.54) is 11.8 Å². The minimum absolute atomic E-state index is 0.209. The molecule has 0 atom stereocenters. The van der Waals surface area contributed by atoms with Crippen LogP contribution in [0.15, 0.2) is 29.6 Å². The minimum Gasteiger partial charge on any atom is -0.465 e. The molecular formula is C14H14N4O2S. The highest BCUT2D eigenvalue weighted by Gasteiger charge is 2.13. The molecule has 0 saturated carbocycles. The molecule has 0 N–H and O–H groups in total. The normalized spacial score (nSPS) is 11.1. The molecule has 3 aromatic rings. The van der Waals surface area contributed by atoms with E-state index in [1.807, 2.05) is 29.5 Å². The molecule has 3 rings (SSSR count). The van der Waals surface area contributed by atoms with Crippen LogP contribution in [-0.4, -0.2) is 37.9 Å². The number of esters is 1. The molecule has 2 aromatic heterocycles. The van der Waals surface area contributed by atoms with Gasteiger partial charge in [-0.05, 0) is 31.5 Å². The van der Waals surface area contributed by atoms with Crippen molar-refractivity contribution in [1.29, 1.82) is 0 Å². The van der Waals surface area contributed by atoms with Gasteiger partial charge in [0.2, 0.25) is 0 Å². The number of nitrogens with zero attached hydrogens (tertiary/aromatic N) is 4. The maximum Gasteiger partial charge on any atom is 0.316 e. The van der Waals surface area contributed by atoms with Crippen LogP contribution in [-0.2, 0) is 9.53 Å². The molecule has 0 unspecified atom stereocenters. The highest BCUT2D eigenvalue weighted by molar-refractivity contribution is 8.00. The van der Waals surface area contributed by atoms with Crippen molar-refractivity contribution >= 4 is 34.4 Å². The van der Waals surface area contributed by atoms with Crippen LogP contribution in [0.1, 0.15) is 12.5 Å². The van der Waals surface area contributed by atoms with Crippen LogP contribution in [0, 0.1) is 6.92 Å². The second-order valence-electron chi connectivity index (χ2n) is 4.53. The van der Waals surface area contributed by atoms with Crippen molar-refractivity contribution in [3.63, 3.8) is 0 Å². The van der Waals surface area contributed by atoms with Gasteiger partial charge in [-0.3, -0.25) is 9.20 Å². The predicted molar refractivity (Wildman–Crippen MR) is 80.4 cm³/mol. The molecule has 7 heteroatoms. The fourth-order valence-electron chi connectivity index (χ4n) is 2.06. The zero-order valence-corrected chi connectivity index (χ0v) is 12.6. The third-order valence-corrected chi connectivity index (χ3v) is 3.91. The molecule has 108 valence electrons. The van der Waals surface area contributed by atoms with E-state index in [4.69, 9.17) is 4.74 Å². The quantitative estimate of drug-likeness (QED) is 0.544. The number of hydrogen-bond acceptors (Lipinski definition) is 6. The standard InChI is InChI=1S/C14H14N4O2S/c1-3-20-12(19)7-21-14-13-17-15-8-18(13)11-6-9(2)4-5-10(11)16-14/h4-6,8H,3,7H2,1-2H3. The van der Waals surface area contributed by atoms with E-state index >= 15 is 0 Å². The molecule has 0 radical (unpaired) electrons. The van der Waals surface area contributed by atoms with E-state index in [9.17, 15) is 4.79 Å². The molecule has 0 aliphatic heterocycles. The van der Waals surface area contributed by atoms with Gasteiger partial charge >= 0.3 is 5.97 Å². The molecule has 0 aliphatic carbocycles. The Morgan fingerprint density at radius 3 is 3.10 bits per heavy atom. The summed E-state index contributed by atoms with van der Waals surface area (Å²) in [5, 5.41) is 8.73. The summed E-state index contributed by atoms with van der Waals surface area (Å²) in [4.78, 5) is 16.1. The van der Waals surface area contributed by atoms with Gasteiger partial charge in [-0.25, -0.2) is 4.98 Å². The maximum absolute atomic E-state index is 11.5. The monoisotopic (exact) mass is 302 g/mol. The third-order valence-electron chi connectivity index (χ3n) is 2.98. The van der Waals surface area contributed by atoms with Gasteiger partial charge in [0, 0.05) is 0 Å². The summed E-state index contributed by atoms with van der Waals surface area (Å²) < 4.78 is 6.82. The summed E-state index contributed by atoms with van der Waals surface area (Å²) in [6.45, 7) is 4.19. The van der Waals surface area contributed by atoms with Crippen LogP contribution in [0.25, 0.3) is 16.7 Å². The Morgan fingerprint density at radius 2 is 2.29 bits per heavy atom. The van der Waals surface area contributed by atoms with Crippen LogP contribution in [0.3, 0.4) is 0 Å². The Hall–Kier alpha value is -2.15. The first kappa shape index (κ1) is 13.8. The van der Waals surface area contributed by atoms with Crippen molar-refractivity contribution in [3.8, 4) is 0 Å². The van der Waals surface area contributed by atoms with Crippen molar-refractivity contribution in [3.05, 3.63) is 30.1 Å². The van der Waals surface area contributed by atoms with E-state index in [-0.39, 0.29) is 11.7 Å². The van der Waals surface area contributed by atoms with Crippen LogP contribution >= 0.6 is 11.8 Å². The van der Waals surface area contributed by atoms with E-state index in [0.717, 1.165) is 16.6 Å². The lowest BCUT2D eigenvalue weighted by Gasteiger charge is -2.07. The fraction of sp³-hybridized carbons (Fsp3) is 0.286. The largest absolute Gasteiger partial charge is 0.465 e. The number of fused-ring (bicyclic) bond motifs is 3. The Kier molecular flexibility index (Phi) is 3.74. The van der Waals surface area contributed by atoms with Gasteiger partial charge in [-0.15, -0.1) is 10.2 Å². The molecule has 0 amide bonds. The first-order valence-electron chi connectivity index (χ1n) is 6.57. The number of hydrogen-bond donors (Lipinski definition) is 0. The topological polar surface area (TPSA) is 69.4 Å². The summed E-state index contributed by atoms with van der Waals surface area (Å²) >= 11 is 1.31.